The Kier molecular flexibility index (Phi) is 5.23. The van der Waals surface area contributed by atoms with Crippen LogP contribution in [0.25, 0.3) is 0 Å². The van der Waals surface area contributed by atoms with Gasteiger partial charge in [-0.15, -0.1) is 6.42 Å². The van der Waals surface area contributed by atoms with Gasteiger partial charge in [0.1, 0.15) is 17.3 Å². The third-order valence-corrected chi connectivity index (χ3v) is 10.0. The van der Waals surface area contributed by atoms with E-state index in [0.717, 1.165) is 57.8 Å². The second-order valence-electron chi connectivity index (χ2n) is 11.4. The lowest BCUT2D eigenvalue weighted by Crippen LogP contribution is -2.56. The molecule has 4 fully saturated rings. The molecule has 4 unspecified atom stereocenters. The van der Waals surface area contributed by atoms with Gasteiger partial charge in [-0.1, -0.05) is 13.8 Å². The average molecular weight is 436 g/mol. The monoisotopic (exact) mass is 435 g/mol. The third kappa shape index (κ3) is 3.15. The van der Waals surface area contributed by atoms with Crippen LogP contribution in [0.3, 0.4) is 0 Å². The van der Waals surface area contributed by atoms with Crippen molar-refractivity contribution in [3.8, 4) is 18.4 Å². The van der Waals surface area contributed by atoms with E-state index in [-0.39, 0.29) is 35.5 Å². The highest BCUT2D eigenvalue weighted by Crippen LogP contribution is 2.66. The maximum absolute atomic E-state index is 16.4. The Morgan fingerprint density at radius 1 is 1.25 bits per heavy atom. The largest absolute Gasteiger partial charge is 0.297 e. The first-order valence-electron chi connectivity index (χ1n) is 12.5. The number of nitrogens with zero attached hydrogens (tertiary/aromatic N) is 3. The first-order chi connectivity index (χ1) is 15.3. The standard InChI is InChI=1S/C27H34FN3O/c1-4-24-18(14-29)15-31(30-24)16-25(32)23-8-7-21-20-6-5-19-13-17(2)9-12-27(19,28)22(20)10-11-26(21,23)3/h1,15,17,19-23H,5-13,16H2,2-3H3/t17-,19+,20?,21?,22?,23+,26-,27?/m0/s1. The lowest BCUT2D eigenvalue weighted by atomic mass is 9.48. The number of rotatable bonds is 3. The zero-order chi connectivity index (χ0) is 22.7. The minimum Gasteiger partial charge on any atom is -0.297 e. The number of ketones is 1. The summed E-state index contributed by atoms with van der Waals surface area (Å²) in [5, 5.41) is 13.5. The van der Waals surface area contributed by atoms with Crippen LogP contribution in [0.4, 0.5) is 4.39 Å². The fraction of sp³-hybridized carbons (Fsp3) is 0.741. The summed E-state index contributed by atoms with van der Waals surface area (Å²) >= 11 is 0. The highest BCUT2D eigenvalue weighted by molar-refractivity contribution is 5.82. The molecule has 1 aromatic rings. The van der Waals surface area contributed by atoms with E-state index in [1.807, 2.05) is 6.07 Å². The normalized spacial score (nSPS) is 42.8. The van der Waals surface area contributed by atoms with Crippen LogP contribution in [0.5, 0.6) is 0 Å². The van der Waals surface area contributed by atoms with Crippen molar-refractivity contribution in [3.63, 3.8) is 0 Å². The Labute approximate surface area is 190 Å². The smallest absolute Gasteiger partial charge is 0.157 e. The fourth-order valence-corrected chi connectivity index (χ4v) is 8.49. The van der Waals surface area contributed by atoms with E-state index < -0.39 is 5.67 Å². The number of alkyl halides is 1. The highest BCUT2D eigenvalue weighted by atomic mass is 19.1. The molecule has 4 aliphatic carbocycles. The zero-order valence-corrected chi connectivity index (χ0v) is 19.3. The molecular weight excluding hydrogens is 401 g/mol. The van der Waals surface area contributed by atoms with Gasteiger partial charge in [0.2, 0.25) is 0 Å². The third-order valence-electron chi connectivity index (χ3n) is 10.0. The van der Waals surface area contributed by atoms with E-state index in [4.69, 9.17) is 6.42 Å². The van der Waals surface area contributed by atoms with Crippen molar-refractivity contribution in [2.24, 2.45) is 40.9 Å². The first-order valence-corrected chi connectivity index (χ1v) is 12.5. The van der Waals surface area contributed by atoms with Gasteiger partial charge in [0.15, 0.2) is 11.5 Å². The van der Waals surface area contributed by atoms with Gasteiger partial charge in [0, 0.05) is 12.1 Å². The minimum absolute atomic E-state index is 0.0165. The Morgan fingerprint density at radius 3 is 2.78 bits per heavy atom. The van der Waals surface area contributed by atoms with Gasteiger partial charge in [-0.3, -0.25) is 9.48 Å². The van der Waals surface area contributed by atoms with Gasteiger partial charge in [-0.2, -0.15) is 10.4 Å². The van der Waals surface area contributed by atoms with Gasteiger partial charge < -0.3 is 0 Å². The molecule has 1 aromatic heterocycles. The van der Waals surface area contributed by atoms with Crippen LogP contribution < -0.4 is 0 Å². The molecule has 0 N–H and O–H groups in total. The molecule has 4 aliphatic rings. The summed E-state index contributed by atoms with van der Waals surface area (Å²) in [6, 6.07) is 2.05. The number of halogens is 1. The molecule has 0 spiro atoms. The van der Waals surface area contributed by atoms with Crippen molar-refractivity contribution < 1.29 is 9.18 Å². The molecule has 0 radical (unpaired) electrons. The van der Waals surface area contributed by atoms with Crippen LogP contribution in [0.2, 0.25) is 0 Å². The number of carbonyl (C=O) groups is 1. The summed E-state index contributed by atoms with van der Waals surface area (Å²) in [5.74, 6) is 4.53. The zero-order valence-electron chi connectivity index (χ0n) is 19.3. The van der Waals surface area contributed by atoms with Crippen LogP contribution >= 0.6 is 0 Å². The van der Waals surface area contributed by atoms with Crippen LogP contribution in [-0.2, 0) is 11.3 Å². The number of carbonyl (C=O) groups excluding carboxylic acids is 1. The summed E-state index contributed by atoms with van der Waals surface area (Å²) < 4.78 is 18.0. The number of hydrogen-bond acceptors (Lipinski definition) is 3. The summed E-state index contributed by atoms with van der Waals surface area (Å²) in [6.07, 6.45) is 15.8. The maximum atomic E-state index is 16.4. The Bertz CT molecular complexity index is 970. The van der Waals surface area contributed by atoms with Crippen molar-refractivity contribution >= 4 is 5.78 Å². The molecule has 32 heavy (non-hydrogen) atoms. The molecule has 0 aromatic carbocycles. The molecule has 170 valence electrons. The molecular formula is C27H34FN3O. The summed E-state index contributed by atoms with van der Waals surface area (Å²) in [5.41, 5.74) is -0.400. The molecule has 0 bridgehead atoms. The van der Waals surface area contributed by atoms with Gasteiger partial charge in [-0.05, 0) is 98.7 Å². The first kappa shape index (κ1) is 21.7. The van der Waals surface area contributed by atoms with E-state index in [1.54, 1.807) is 6.20 Å². The highest BCUT2D eigenvalue weighted by Gasteiger charge is 2.62. The van der Waals surface area contributed by atoms with E-state index in [9.17, 15) is 10.1 Å². The molecule has 0 amide bonds. The topological polar surface area (TPSA) is 58.7 Å². The van der Waals surface area contributed by atoms with Crippen molar-refractivity contribution in [1.82, 2.24) is 9.78 Å². The predicted molar refractivity (Wildman–Crippen MR) is 120 cm³/mol. The van der Waals surface area contributed by atoms with Crippen LogP contribution in [0, 0.1) is 64.6 Å². The average Bonchev–Trinajstić information content (AvgIpc) is 3.34. The van der Waals surface area contributed by atoms with E-state index in [2.05, 4.69) is 24.9 Å². The number of nitriles is 1. The summed E-state index contributed by atoms with van der Waals surface area (Å²) in [7, 11) is 0. The molecule has 4 saturated carbocycles. The van der Waals surface area contributed by atoms with Gasteiger partial charge in [0.05, 0.1) is 6.54 Å². The van der Waals surface area contributed by atoms with Gasteiger partial charge in [0.25, 0.3) is 0 Å². The lowest BCUT2D eigenvalue weighted by Gasteiger charge is -2.58. The van der Waals surface area contributed by atoms with Crippen molar-refractivity contribution in [3.05, 3.63) is 17.5 Å². The van der Waals surface area contributed by atoms with E-state index in [0.29, 0.717) is 29.0 Å². The minimum atomic E-state index is -0.979. The molecule has 4 nitrogen and oxygen atoms in total. The van der Waals surface area contributed by atoms with Crippen molar-refractivity contribution in [2.45, 2.75) is 83.8 Å². The van der Waals surface area contributed by atoms with Gasteiger partial charge >= 0.3 is 0 Å². The second kappa shape index (κ2) is 7.72. The molecule has 1 heterocycles. The quantitative estimate of drug-likeness (QED) is 0.605. The van der Waals surface area contributed by atoms with Crippen molar-refractivity contribution in [2.75, 3.05) is 0 Å². The van der Waals surface area contributed by atoms with Crippen LogP contribution in [0.15, 0.2) is 6.20 Å². The van der Waals surface area contributed by atoms with Crippen LogP contribution in [-0.4, -0.2) is 21.2 Å². The fourth-order valence-electron chi connectivity index (χ4n) is 8.49. The Morgan fingerprint density at radius 2 is 2.06 bits per heavy atom. The number of fused-ring (bicyclic) bond motifs is 5. The molecule has 0 saturated heterocycles. The number of aromatic nitrogens is 2. The SMILES string of the molecule is C#Cc1nn(CC(=O)[C@H]2CCC3C4CC[C@@H]5C[C@@H](C)CCC5(F)C4CC[C@@]32C)cc1C#N. The lowest BCUT2D eigenvalue weighted by molar-refractivity contribution is -0.146. The Balaban J connectivity index is 1.34. The molecule has 5 heteroatoms. The second-order valence-corrected chi connectivity index (χ2v) is 11.4. The van der Waals surface area contributed by atoms with Gasteiger partial charge in [-0.25, -0.2) is 4.39 Å². The van der Waals surface area contributed by atoms with E-state index in [1.165, 1.54) is 4.68 Å². The Hall–Kier alpha value is -2.14. The molecule has 0 aliphatic heterocycles. The molecule has 8 atom stereocenters. The number of terminal acetylenes is 1. The van der Waals surface area contributed by atoms with Crippen LogP contribution in [0.1, 0.15) is 82.9 Å². The maximum Gasteiger partial charge on any atom is 0.157 e. The number of hydrogen-bond donors (Lipinski definition) is 0. The summed E-state index contributed by atoms with van der Waals surface area (Å²) in [6.45, 7) is 4.73. The summed E-state index contributed by atoms with van der Waals surface area (Å²) in [4.78, 5) is 13.4. The van der Waals surface area contributed by atoms with Crippen molar-refractivity contribution in [1.29, 1.82) is 5.26 Å². The molecule has 5 rings (SSSR count). The van der Waals surface area contributed by atoms with E-state index >= 15 is 4.39 Å². The predicted octanol–water partition coefficient (Wildman–Crippen LogP) is 5.30. The number of Topliss-reactive ketones (excluding diaryl/α,β-unsaturated/α-hetero) is 1.